The van der Waals surface area contributed by atoms with Crippen molar-refractivity contribution < 1.29 is 9.53 Å². The Morgan fingerprint density at radius 2 is 2.00 bits per heavy atom. The molecule has 0 radical (unpaired) electrons. The molecule has 4 rings (SSSR count). The smallest absolute Gasteiger partial charge is 0.337 e. The zero-order valence-corrected chi connectivity index (χ0v) is 18.9. The predicted molar refractivity (Wildman–Crippen MR) is 126 cm³/mol. The molecule has 0 atom stereocenters. The van der Waals surface area contributed by atoms with Crippen LogP contribution in [-0.4, -0.2) is 22.6 Å². The summed E-state index contributed by atoms with van der Waals surface area (Å²) in [5.74, 6) is -0.372. The summed E-state index contributed by atoms with van der Waals surface area (Å²) in [6.45, 7) is 4.00. The first-order valence-electron chi connectivity index (χ1n) is 9.53. The third kappa shape index (κ3) is 4.26. The van der Waals surface area contributed by atoms with Crippen LogP contribution in [0.15, 0.2) is 63.8 Å². The van der Waals surface area contributed by atoms with Gasteiger partial charge in [-0.05, 0) is 73.6 Å². The van der Waals surface area contributed by atoms with E-state index in [1.165, 1.54) is 18.9 Å². The van der Waals surface area contributed by atoms with E-state index in [-0.39, 0.29) is 5.97 Å². The third-order valence-corrected chi connectivity index (χ3v) is 6.89. The highest BCUT2D eigenvalue weighted by Gasteiger charge is 2.14. The molecular weight excluding hydrogens is 426 g/mol. The second-order valence-electron chi connectivity index (χ2n) is 6.87. The molecule has 4 aromatic rings. The van der Waals surface area contributed by atoms with Gasteiger partial charge in [0.2, 0.25) is 0 Å². The number of aryl methyl sites for hydroxylation is 1. The summed E-state index contributed by atoms with van der Waals surface area (Å²) in [6, 6.07) is 19.6. The number of nitrogens with zero attached hydrogens (tertiary/aromatic N) is 3. The van der Waals surface area contributed by atoms with Crippen LogP contribution in [0.4, 0.5) is 0 Å². The van der Waals surface area contributed by atoms with Crippen LogP contribution in [-0.2, 0) is 4.74 Å². The van der Waals surface area contributed by atoms with Crippen molar-refractivity contribution in [3.05, 3.63) is 82.0 Å². The number of hydrogen-bond acceptors (Lipinski definition) is 6. The van der Waals surface area contributed by atoms with Crippen LogP contribution in [0, 0.1) is 25.2 Å². The first kappa shape index (κ1) is 20.9. The Kier molecular flexibility index (Phi) is 5.94. The first-order valence-corrected chi connectivity index (χ1v) is 11.2. The molecule has 0 fully saturated rings. The van der Waals surface area contributed by atoms with Crippen LogP contribution < -0.4 is 0 Å². The molecule has 0 amide bonds. The van der Waals surface area contributed by atoms with Gasteiger partial charge in [0.1, 0.15) is 6.07 Å². The number of carbonyl (C=O) groups excluding carboxylic acids is 1. The summed E-state index contributed by atoms with van der Waals surface area (Å²) in [5.41, 5.74) is 5.25. The molecule has 154 valence electrons. The first-order chi connectivity index (χ1) is 15.0. The maximum Gasteiger partial charge on any atom is 0.337 e. The largest absolute Gasteiger partial charge is 0.465 e. The van der Waals surface area contributed by atoms with Crippen molar-refractivity contribution in [2.75, 3.05) is 7.11 Å². The highest BCUT2D eigenvalue weighted by atomic mass is 32.2. The van der Waals surface area contributed by atoms with Crippen LogP contribution in [0.3, 0.4) is 0 Å². The molecule has 0 saturated carbocycles. The van der Waals surface area contributed by atoms with Gasteiger partial charge < -0.3 is 9.30 Å². The van der Waals surface area contributed by atoms with Crippen molar-refractivity contribution in [2.24, 2.45) is 0 Å². The molecule has 0 unspecified atom stereocenters. The van der Waals surface area contributed by atoms with Gasteiger partial charge in [-0.1, -0.05) is 18.2 Å². The molecule has 31 heavy (non-hydrogen) atoms. The van der Waals surface area contributed by atoms with Crippen molar-refractivity contribution in [2.45, 2.75) is 18.2 Å². The molecule has 7 heteroatoms. The van der Waals surface area contributed by atoms with Gasteiger partial charge in [-0.2, -0.15) is 5.26 Å². The van der Waals surface area contributed by atoms with E-state index >= 15 is 0 Å². The quantitative estimate of drug-likeness (QED) is 0.209. The number of aromatic nitrogens is 2. The van der Waals surface area contributed by atoms with Crippen LogP contribution >= 0.6 is 23.1 Å². The highest BCUT2D eigenvalue weighted by Crippen LogP contribution is 2.35. The number of benzene rings is 2. The van der Waals surface area contributed by atoms with Gasteiger partial charge in [0.05, 0.1) is 27.8 Å². The molecule has 0 saturated heterocycles. The second kappa shape index (κ2) is 8.80. The van der Waals surface area contributed by atoms with Gasteiger partial charge in [-0.3, -0.25) is 0 Å². The number of para-hydroxylation sites is 1. The summed E-state index contributed by atoms with van der Waals surface area (Å²) in [7, 11) is 1.37. The van der Waals surface area contributed by atoms with Gasteiger partial charge in [0.25, 0.3) is 0 Å². The van der Waals surface area contributed by atoms with E-state index in [2.05, 4.69) is 15.6 Å². The normalized spacial score (nSPS) is 11.5. The Morgan fingerprint density at radius 3 is 2.74 bits per heavy atom. The summed E-state index contributed by atoms with van der Waals surface area (Å²) in [5, 5.41) is 9.71. The van der Waals surface area contributed by atoms with Crippen LogP contribution in [0.1, 0.15) is 27.3 Å². The van der Waals surface area contributed by atoms with Crippen LogP contribution in [0.2, 0.25) is 0 Å². The summed E-state index contributed by atoms with van der Waals surface area (Å²) < 4.78 is 8.85. The molecule has 2 aromatic carbocycles. The van der Waals surface area contributed by atoms with Crippen LogP contribution in [0.5, 0.6) is 0 Å². The number of methoxy groups -OCH3 is 1. The van der Waals surface area contributed by atoms with Crippen molar-refractivity contribution in [3.8, 4) is 11.8 Å². The number of allylic oxidation sites excluding steroid dienone is 1. The second-order valence-corrected chi connectivity index (χ2v) is 9.19. The monoisotopic (exact) mass is 445 g/mol. The van der Waals surface area contributed by atoms with E-state index in [0.29, 0.717) is 10.5 Å². The minimum Gasteiger partial charge on any atom is -0.465 e. The number of thiazole rings is 1. The Morgan fingerprint density at radius 1 is 1.19 bits per heavy atom. The van der Waals surface area contributed by atoms with Crippen LogP contribution in [0.25, 0.3) is 22.0 Å². The number of carbonyl (C=O) groups is 1. The molecule has 0 spiro atoms. The van der Waals surface area contributed by atoms with Gasteiger partial charge in [0, 0.05) is 17.1 Å². The zero-order chi connectivity index (χ0) is 22.0. The number of rotatable bonds is 5. The number of fused-ring (bicyclic) bond motifs is 1. The highest BCUT2D eigenvalue weighted by molar-refractivity contribution is 8.05. The summed E-state index contributed by atoms with van der Waals surface area (Å²) >= 11 is 2.95. The lowest BCUT2D eigenvalue weighted by Crippen LogP contribution is -2.04. The Bertz CT molecular complexity index is 1330. The number of esters is 1. The molecular formula is C24H19N3O2S2. The van der Waals surface area contributed by atoms with Crippen molar-refractivity contribution >= 4 is 45.4 Å². The number of thioether (sulfide) groups is 1. The number of hydrogen-bond donors (Lipinski definition) is 0. The lowest BCUT2D eigenvalue weighted by molar-refractivity contribution is 0.0600. The molecule has 0 aliphatic carbocycles. The lowest BCUT2D eigenvalue weighted by atomic mass is 10.2. The van der Waals surface area contributed by atoms with Gasteiger partial charge >= 0.3 is 5.97 Å². The van der Waals surface area contributed by atoms with Crippen molar-refractivity contribution in [1.82, 2.24) is 9.55 Å². The minimum absolute atomic E-state index is 0.372. The van der Waals surface area contributed by atoms with Gasteiger partial charge in [0.15, 0.2) is 4.34 Å². The molecule has 0 aliphatic heterocycles. The van der Waals surface area contributed by atoms with E-state index in [4.69, 9.17) is 4.74 Å². The maximum absolute atomic E-state index is 11.9. The third-order valence-electron chi connectivity index (χ3n) is 4.86. The molecule has 2 heterocycles. The van der Waals surface area contributed by atoms with Crippen molar-refractivity contribution in [3.63, 3.8) is 0 Å². The Labute approximate surface area is 188 Å². The van der Waals surface area contributed by atoms with Crippen molar-refractivity contribution in [1.29, 1.82) is 5.26 Å². The average Bonchev–Trinajstić information content (AvgIpc) is 3.32. The number of nitriles is 1. The number of ether oxygens (including phenoxy) is 1. The fourth-order valence-electron chi connectivity index (χ4n) is 3.44. The maximum atomic E-state index is 11.9. The summed E-state index contributed by atoms with van der Waals surface area (Å²) in [6.07, 6.45) is 1.89. The zero-order valence-electron chi connectivity index (χ0n) is 17.2. The van der Waals surface area contributed by atoms with E-state index in [9.17, 15) is 10.1 Å². The average molecular weight is 446 g/mol. The summed E-state index contributed by atoms with van der Waals surface area (Å²) in [4.78, 5) is 17.1. The Hall–Kier alpha value is -3.34. The SMILES string of the molecule is COC(=O)c1cccc(-n2c(C)cc(/C=C(\C#N)Sc3nc4ccccc4s3)c2C)c1. The topological polar surface area (TPSA) is 67.9 Å². The molecule has 5 nitrogen and oxygen atoms in total. The van der Waals surface area contributed by atoms with E-state index < -0.39 is 0 Å². The lowest BCUT2D eigenvalue weighted by Gasteiger charge is -2.11. The van der Waals surface area contributed by atoms with Gasteiger partial charge in [-0.25, -0.2) is 9.78 Å². The molecule has 0 N–H and O–H groups in total. The Balaban J connectivity index is 1.68. The standard InChI is InChI=1S/C24H19N3O2S2/c1-15-11-18(16(2)27(15)19-8-6-7-17(12-19)23(28)29-3)13-20(14-25)30-24-26-21-9-4-5-10-22(21)31-24/h4-13H,1-3H3/b20-13+. The molecule has 0 bridgehead atoms. The van der Waals surface area contributed by atoms with E-state index in [1.54, 1.807) is 23.5 Å². The predicted octanol–water partition coefficient (Wildman–Crippen LogP) is 6.15. The molecule has 0 aliphatic rings. The minimum atomic E-state index is -0.372. The molecule has 2 aromatic heterocycles. The fraction of sp³-hybridized carbons (Fsp3) is 0.125. The van der Waals surface area contributed by atoms with Gasteiger partial charge in [-0.15, -0.1) is 11.3 Å². The fourth-order valence-corrected chi connectivity index (χ4v) is 5.40. The van der Waals surface area contributed by atoms with E-state index in [1.807, 2.05) is 62.4 Å². The van der Waals surface area contributed by atoms with E-state index in [0.717, 1.165) is 37.2 Å².